The van der Waals surface area contributed by atoms with E-state index < -0.39 is 0 Å². The summed E-state index contributed by atoms with van der Waals surface area (Å²) in [6.45, 7) is 5.01. The van der Waals surface area contributed by atoms with Crippen LogP contribution in [0.25, 0.3) is 11.1 Å². The average molecular weight is 300 g/mol. The molecular weight excluding hydrogens is 279 g/mol. The lowest BCUT2D eigenvalue weighted by atomic mass is 9.88. The molecule has 0 aliphatic carbocycles. The Balaban J connectivity index is 2.29. The Labute approximate surface area is 130 Å². The van der Waals surface area contributed by atoms with Crippen LogP contribution in [0.1, 0.15) is 43.0 Å². The lowest BCUT2D eigenvalue weighted by Gasteiger charge is -2.25. The van der Waals surface area contributed by atoms with Crippen LogP contribution in [0.15, 0.2) is 24.3 Å². The van der Waals surface area contributed by atoms with Gasteiger partial charge in [0.2, 0.25) is 0 Å². The number of aliphatic hydroxyl groups is 1. The molecule has 2 aromatic rings. The van der Waals surface area contributed by atoms with Crippen LogP contribution in [-0.2, 0) is 13.0 Å². The predicted molar refractivity (Wildman–Crippen MR) is 86.5 cm³/mol. The van der Waals surface area contributed by atoms with Crippen LogP contribution in [0.2, 0.25) is 0 Å². The van der Waals surface area contributed by atoms with E-state index in [1.165, 1.54) is 12.1 Å². The van der Waals surface area contributed by atoms with Gasteiger partial charge in [-0.25, -0.2) is 9.37 Å². The fraction of sp³-hybridized carbons (Fsp3) is 0.389. The molecule has 0 fully saturated rings. The Hall–Kier alpha value is -1.94. The van der Waals surface area contributed by atoms with Crippen molar-refractivity contribution in [2.24, 2.45) is 0 Å². The van der Waals surface area contributed by atoms with E-state index in [9.17, 15) is 9.50 Å². The Morgan fingerprint density at radius 1 is 1.27 bits per heavy atom. The van der Waals surface area contributed by atoms with E-state index >= 15 is 0 Å². The van der Waals surface area contributed by atoms with Crippen molar-refractivity contribution in [3.63, 3.8) is 0 Å². The molecule has 0 bridgehead atoms. The summed E-state index contributed by atoms with van der Waals surface area (Å²) in [4.78, 5) is 4.74. The van der Waals surface area contributed by atoms with Gasteiger partial charge in [0.05, 0.1) is 12.3 Å². The van der Waals surface area contributed by atoms with E-state index in [-0.39, 0.29) is 18.3 Å². The van der Waals surface area contributed by atoms with Crippen molar-refractivity contribution < 1.29 is 9.50 Å². The number of nitrogens with zero attached hydrogens (tertiary/aromatic N) is 1. The first-order valence-electron chi connectivity index (χ1n) is 7.78. The Kier molecular flexibility index (Phi) is 4.12. The van der Waals surface area contributed by atoms with E-state index in [2.05, 4.69) is 19.2 Å². The summed E-state index contributed by atoms with van der Waals surface area (Å²) in [5, 5.41) is 13.3. The lowest BCUT2D eigenvalue weighted by Crippen LogP contribution is -2.18. The molecule has 3 nitrogen and oxygen atoms in total. The van der Waals surface area contributed by atoms with Crippen molar-refractivity contribution in [2.75, 3.05) is 11.9 Å². The number of hydrogen-bond donors (Lipinski definition) is 2. The second-order valence-corrected chi connectivity index (χ2v) is 6.03. The smallest absolute Gasteiger partial charge is 0.130 e. The quantitative estimate of drug-likeness (QED) is 0.904. The molecule has 0 radical (unpaired) electrons. The molecule has 0 amide bonds. The summed E-state index contributed by atoms with van der Waals surface area (Å²) in [5.74, 6) is 0.876. The van der Waals surface area contributed by atoms with Crippen LogP contribution in [0.5, 0.6) is 0 Å². The zero-order valence-electron chi connectivity index (χ0n) is 13.0. The van der Waals surface area contributed by atoms with E-state index in [0.29, 0.717) is 0 Å². The number of anilines is 1. The van der Waals surface area contributed by atoms with Gasteiger partial charge in [-0.2, -0.15) is 0 Å². The van der Waals surface area contributed by atoms with Crippen LogP contribution < -0.4 is 5.32 Å². The van der Waals surface area contributed by atoms with E-state index in [4.69, 9.17) is 4.98 Å². The van der Waals surface area contributed by atoms with Crippen LogP contribution in [0, 0.1) is 5.82 Å². The third kappa shape index (κ3) is 2.59. The summed E-state index contributed by atoms with van der Waals surface area (Å²) in [7, 11) is 0. The molecule has 116 valence electrons. The van der Waals surface area contributed by atoms with Gasteiger partial charge in [0.15, 0.2) is 0 Å². The fourth-order valence-electron chi connectivity index (χ4n) is 3.15. The maximum absolute atomic E-state index is 13.3. The van der Waals surface area contributed by atoms with Crippen LogP contribution in [-0.4, -0.2) is 16.6 Å². The molecular formula is C18H21FN2O. The molecule has 0 saturated heterocycles. The number of halogens is 1. The van der Waals surface area contributed by atoms with Crippen LogP contribution >= 0.6 is 0 Å². The average Bonchev–Trinajstić information content (AvgIpc) is 2.53. The molecule has 3 rings (SSSR count). The Morgan fingerprint density at radius 2 is 2.00 bits per heavy atom. The van der Waals surface area contributed by atoms with Gasteiger partial charge in [0.25, 0.3) is 0 Å². The number of aliphatic hydroxyl groups excluding tert-OH is 1. The second-order valence-electron chi connectivity index (χ2n) is 6.03. The van der Waals surface area contributed by atoms with Gasteiger partial charge in [-0.05, 0) is 42.0 Å². The van der Waals surface area contributed by atoms with Crippen molar-refractivity contribution in [2.45, 2.75) is 39.2 Å². The molecule has 4 heteroatoms. The largest absolute Gasteiger partial charge is 0.392 e. The minimum atomic E-state index is -0.251. The van der Waals surface area contributed by atoms with E-state index in [0.717, 1.165) is 53.2 Å². The van der Waals surface area contributed by atoms with Crippen molar-refractivity contribution in [3.8, 4) is 11.1 Å². The molecule has 0 saturated carbocycles. The maximum Gasteiger partial charge on any atom is 0.130 e. The van der Waals surface area contributed by atoms with Gasteiger partial charge in [0.1, 0.15) is 11.6 Å². The summed E-state index contributed by atoms with van der Waals surface area (Å²) in [5.41, 5.74) is 4.86. The van der Waals surface area contributed by atoms with E-state index in [1.807, 2.05) is 0 Å². The highest BCUT2D eigenvalue weighted by Gasteiger charge is 2.23. The highest BCUT2D eigenvalue weighted by atomic mass is 19.1. The van der Waals surface area contributed by atoms with Gasteiger partial charge in [-0.15, -0.1) is 0 Å². The van der Waals surface area contributed by atoms with E-state index in [1.54, 1.807) is 12.1 Å². The number of benzene rings is 1. The summed E-state index contributed by atoms with van der Waals surface area (Å²) < 4.78 is 13.3. The summed E-state index contributed by atoms with van der Waals surface area (Å²) in [6.07, 6.45) is 1.96. The molecule has 2 heterocycles. The highest BCUT2D eigenvalue weighted by molar-refractivity contribution is 5.77. The first-order chi connectivity index (χ1) is 10.6. The molecule has 1 aromatic heterocycles. The summed E-state index contributed by atoms with van der Waals surface area (Å²) >= 11 is 0. The van der Waals surface area contributed by atoms with Crippen LogP contribution in [0.4, 0.5) is 10.2 Å². The van der Waals surface area contributed by atoms with Gasteiger partial charge < -0.3 is 10.4 Å². The molecule has 22 heavy (non-hydrogen) atoms. The molecule has 1 aliphatic heterocycles. The van der Waals surface area contributed by atoms with Gasteiger partial charge in [-0.3, -0.25) is 0 Å². The number of rotatable bonds is 3. The third-order valence-electron chi connectivity index (χ3n) is 4.16. The zero-order valence-corrected chi connectivity index (χ0v) is 13.0. The van der Waals surface area contributed by atoms with Crippen molar-refractivity contribution in [1.82, 2.24) is 4.98 Å². The minimum absolute atomic E-state index is 0.0551. The topological polar surface area (TPSA) is 45.2 Å². The number of pyridine rings is 1. The van der Waals surface area contributed by atoms with Gasteiger partial charge in [-0.1, -0.05) is 26.0 Å². The van der Waals surface area contributed by atoms with Gasteiger partial charge in [0, 0.05) is 17.7 Å². The Morgan fingerprint density at radius 3 is 2.64 bits per heavy atom. The zero-order chi connectivity index (χ0) is 15.7. The van der Waals surface area contributed by atoms with Gasteiger partial charge >= 0.3 is 0 Å². The third-order valence-corrected chi connectivity index (χ3v) is 4.16. The SMILES string of the molecule is CC(C)c1nc2c(c(-c3ccc(F)cc3)c1CO)CCCN2. The Bertz CT molecular complexity index is 680. The molecule has 1 aliphatic rings. The minimum Gasteiger partial charge on any atom is -0.392 e. The summed E-state index contributed by atoms with van der Waals surface area (Å²) in [6, 6.07) is 6.49. The molecule has 2 N–H and O–H groups in total. The normalized spacial score (nSPS) is 13.9. The first-order valence-corrected chi connectivity index (χ1v) is 7.78. The fourth-order valence-corrected chi connectivity index (χ4v) is 3.15. The second kappa shape index (κ2) is 6.05. The van der Waals surface area contributed by atoms with Crippen LogP contribution in [0.3, 0.4) is 0 Å². The number of fused-ring (bicyclic) bond motifs is 1. The predicted octanol–water partition coefficient (Wildman–Crippen LogP) is 3.86. The van der Waals surface area contributed by atoms with Crippen molar-refractivity contribution >= 4 is 5.82 Å². The maximum atomic E-state index is 13.3. The molecule has 1 aromatic carbocycles. The number of hydrogen-bond acceptors (Lipinski definition) is 3. The van der Waals surface area contributed by atoms with Crippen molar-refractivity contribution in [3.05, 3.63) is 46.9 Å². The monoisotopic (exact) mass is 300 g/mol. The van der Waals surface area contributed by atoms with Crippen molar-refractivity contribution in [1.29, 1.82) is 0 Å². The first kappa shape index (κ1) is 15.0. The highest BCUT2D eigenvalue weighted by Crippen LogP contribution is 2.38. The molecule has 0 unspecified atom stereocenters. The lowest BCUT2D eigenvalue weighted by molar-refractivity contribution is 0.280. The number of nitrogens with one attached hydrogen (secondary N) is 1. The molecule has 0 atom stereocenters. The standard InChI is InChI=1S/C18H21FN2O/c1-11(2)17-15(10-22)16(12-5-7-13(19)8-6-12)14-4-3-9-20-18(14)21-17/h5-8,11,22H,3-4,9-10H2,1-2H3,(H,20,21). The molecule has 0 spiro atoms. The number of aromatic nitrogens is 1.